The van der Waals surface area contributed by atoms with Crippen molar-refractivity contribution in [3.8, 4) is 0 Å². The van der Waals surface area contributed by atoms with Gasteiger partial charge in [0.15, 0.2) is 0 Å². The maximum atomic E-state index is 13.1. The summed E-state index contributed by atoms with van der Waals surface area (Å²) in [6, 6.07) is -4.22. The molecule has 9 N–H and O–H groups in total. The van der Waals surface area contributed by atoms with E-state index in [1.165, 1.54) is 11.8 Å². The van der Waals surface area contributed by atoms with Gasteiger partial charge in [-0.15, -0.1) is 0 Å². The van der Waals surface area contributed by atoms with Gasteiger partial charge in [-0.3, -0.25) is 33.3 Å². The van der Waals surface area contributed by atoms with Gasteiger partial charge in [-0.25, -0.2) is 0 Å². The lowest BCUT2D eigenvalue weighted by molar-refractivity contribution is -0.138. The predicted octanol–water partition coefficient (Wildman–Crippen LogP) is -2.71. The molecular formula is C39H75N6O18P. The molecule has 64 heavy (non-hydrogen) atoms. The third-order valence-electron chi connectivity index (χ3n) is 8.62. The Labute approximate surface area is 376 Å². The van der Waals surface area contributed by atoms with Crippen LogP contribution < -0.4 is 27.0 Å². The van der Waals surface area contributed by atoms with Crippen LogP contribution in [-0.2, 0) is 71.2 Å². The number of ether oxygens (including phenoxy) is 8. The van der Waals surface area contributed by atoms with Crippen molar-refractivity contribution in [2.24, 2.45) is 17.6 Å². The van der Waals surface area contributed by atoms with E-state index < -0.39 is 80.5 Å². The second kappa shape index (κ2) is 37.8. The summed E-state index contributed by atoms with van der Waals surface area (Å²) < 4.78 is 54.3. The van der Waals surface area contributed by atoms with Crippen molar-refractivity contribution < 1.29 is 86.1 Å². The molecule has 374 valence electrons. The number of rotatable bonds is 42. The number of nitrogens with zero attached hydrogens (tertiary/aromatic N) is 1. The molecule has 0 saturated carbocycles. The number of carbonyl (C=O) groups is 6. The van der Waals surface area contributed by atoms with Gasteiger partial charge in [-0.2, -0.15) is 0 Å². The van der Waals surface area contributed by atoms with Crippen molar-refractivity contribution in [2.45, 2.75) is 65.1 Å². The quantitative estimate of drug-likeness (QED) is 0.0228. The van der Waals surface area contributed by atoms with Gasteiger partial charge in [0.25, 0.3) is 0 Å². The van der Waals surface area contributed by atoms with Crippen molar-refractivity contribution in [3.63, 3.8) is 0 Å². The fourth-order valence-electron chi connectivity index (χ4n) is 5.52. The highest BCUT2D eigenvalue weighted by molar-refractivity contribution is 7.51. The molecule has 25 heteroatoms. The number of hydrogen-bond donors (Lipinski definition) is 8. The normalized spacial score (nSPS) is 13.5. The van der Waals surface area contributed by atoms with Crippen molar-refractivity contribution in [1.82, 2.24) is 26.2 Å². The molecule has 0 spiro atoms. The van der Waals surface area contributed by atoms with Crippen molar-refractivity contribution >= 4 is 43.0 Å². The van der Waals surface area contributed by atoms with E-state index in [9.17, 15) is 48.2 Å². The average molecular weight is 947 g/mol. The van der Waals surface area contributed by atoms with E-state index in [1.54, 1.807) is 7.11 Å². The lowest BCUT2D eigenvalue weighted by Gasteiger charge is -2.25. The van der Waals surface area contributed by atoms with E-state index in [1.807, 2.05) is 20.8 Å². The van der Waals surface area contributed by atoms with Gasteiger partial charge in [0.2, 0.25) is 35.4 Å². The molecule has 0 heterocycles. The molecule has 0 aromatic carbocycles. The zero-order valence-electron chi connectivity index (χ0n) is 38.1. The Hall–Kier alpha value is -3.39. The number of aliphatic hydroxyl groups excluding tert-OH is 1. The minimum atomic E-state index is -4.57. The molecule has 0 aliphatic rings. The molecule has 6 amide bonds. The SMILES string of the molecule is CCCN(CC(=O)N[C@@H](CC(C)C)C(=O)NCC(=O)N[C@@H](CO)C(=O)N[C@H](C(N)=O)[C@@H](C)CP(=O)(O)O)C(=O)CCOCCOCCOCCOCCOCCOCCOCCOC. The lowest BCUT2D eigenvalue weighted by atomic mass is 10.0. The van der Waals surface area contributed by atoms with Crippen LogP contribution in [0.15, 0.2) is 0 Å². The van der Waals surface area contributed by atoms with Crippen molar-refractivity contribution in [3.05, 3.63) is 0 Å². The summed E-state index contributed by atoms with van der Waals surface area (Å²) in [5.41, 5.74) is 5.29. The molecule has 0 aliphatic heterocycles. The van der Waals surface area contributed by atoms with Crippen LogP contribution in [-0.4, -0.2) is 212 Å². The van der Waals surface area contributed by atoms with Crippen LogP contribution in [0.4, 0.5) is 0 Å². The zero-order chi connectivity index (χ0) is 48.2. The summed E-state index contributed by atoms with van der Waals surface area (Å²) in [6.07, 6.45) is -0.0137. The highest BCUT2D eigenvalue weighted by Gasteiger charge is 2.33. The summed E-state index contributed by atoms with van der Waals surface area (Å²) in [5, 5.41) is 19.1. The number of methoxy groups -OCH3 is 1. The topological polar surface area (TPSA) is 331 Å². The average Bonchev–Trinajstić information content (AvgIpc) is 3.22. The Morgan fingerprint density at radius 1 is 0.656 bits per heavy atom. The van der Waals surface area contributed by atoms with Crippen LogP contribution in [0.1, 0.15) is 47.0 Å². The number of carbonyl (C=O) groups excluding carboxylic acids is 6. The second-order valence-corrected chi connectivity index (χ2v) is 16.5. The number of aliphatic hydroxyl groups is 1. The van der Waals surface area contributed by atoms with Gasteiger partial charge in [0.1, 0.15) is 18.1 Å². The third kappa shape index (κ3) is 33.1. The Balaban J connectivity index is 4.50. The first-order valence-corrected chi connectivity index (χ1v) is 23.2. The first-order valence-electron chi connectivity index (χ1n) is 21.4. The number of nitrogens with two attached hydrogens (primary N) is 1. The second-order valence-electron chi connectivity index (χ2n) is 14.8. The molecule has 24 nitrogen and oxygen atoms in total. The fourth-order valence-corrected chi connectivity index (χ4v) is 6.48. The van der Waals surface area contributed by atoms with E-state index in [0.717, 1.165) is 0 Å². The Morgan fingerprint density at radius 3 is 1.52 bits per heavy atom. The molecule has 0 aromatic heterocycles. The maximum absolute atomic E-state index is 13.1. The summed E-state index contributed by atoms with van der Waals surface area (Å²) in [4.78, 5) is 96.2. The standard InChI is InChI=1S/C39H75N6O18P/c1-6-8-45(35(49)7-9-57-12-13-59-16-17-61-20-21-63-23-22-62-19-18-60-15-14-58-11-10-56-5)26-34(48)42-31(24-29(2)3)38(51)41-25-33(47)43-32(27-46)39(52)44-36(37(40)50)30(4)28-64(53,54)55/h29-32,36,46H,6-28H2,1-5H3,(H2,40,50)(H,41,51)(H,42,48)(H,43,47)(H,44,52)(H2,53,54,55)/t30-,31-,32-,36-/m0/s1. The molecule has 0 rings (SSSR count). The Morgan fingerprint density at radius 2 is 1.11 bits per heavy atom. The molecule has 0 radical (unpaired) electrons. The largest absolute Gasteiger partial charge is 0.394 e. The molecule has 0 unspecified atom stereocenters. The Bertz CT molecular complexity index is 1360. The van der Waals surface area contributed by atoms with Gasteiger partial charge >= 0.3 is 7.60 Å². The highest BCUT2D eigenvalue weighted by atomic mass is 31.2. The van der Waals surface area contributed by atoms with Crippen LogP contribution >= 0.6 is 7.60 Å². The first-order chi connectivity index (χ1) is 30.4. The number of nitrogens with one attached hydrogen (secondary N) is 4. The van der Waals surface area contributed by atoms with Gasteiger partial charge in [-0.1, -0.05) is 27.7 Å². The number of primary amides is 1. The van der Waals surface area contributed by atoms with E-state index in [0.29, 0.717) is 85.7 Å². The van der Waals surface area contributed by atoms with Crippen LogP contribution in [0.3, 0.4) is 0 Å². The molecule has 0 aliphatic carbocycles. The summed E-state index contributed by atoms with van der Waals surface area (Å²) in [5.74, 6) is -5.89. The molecular weight excluding hydrogens is 871 g/mol. The van der Waals surface area contributed by atoms with Crippen molar-refractivity contribution in [1.29, 1.82) is 0 Å². The van der Waals surface area contributed by atoms with E-state index in [4.69, 9.17) is 43.6 Å². The number of hydrogen-bond acceptors (Lipinski definition) is 16. The number of amides is 6. The molecule has 4 atom stereocenters. The molecule has 0 fully saturated rings. The smallest absolute Gasteiger partial charge is 0.325 e. The maximum Gasteiger partial charge on any atom is 0.325 e. The van der Waals surface area contributed by atoms with E-state index >= 15 is 0 Å². The van der Waals surface area contributed by atoms with Crippen molar-refractivity contribution in [2.75, 3.05) is 139 Å². The predicted molar refractivity (Wildman–Crippen MR) is 230 cm³/mol. The Kier molecular flexibility index (Phi) is 35.8. The van der Waals surface area contributed by atoms with E-state index in [2.05, 4.69) is 21.3 Å². The van der Waals surface area contributed by atoms with Gasteiger partial charge < -0.3 is 84.7 Å². The van der Waals surface area contributed by atoms with Crippen LogP contribution in [0.25, 0.3) is 0 Å². The molecule has 0 saturated heterocycles. The third-order valence-corrected chi connectivity index (χ3v) is 9.67. The van der Waals surface area contributed by atoms with Crippen LogP contribution in [0, 0.1) is 11.8 Å². The highest BCUT2D eigenvalue weighted by Crippen LogP contribution is 2.37. The summed E-state index contributed by atoms with van der Waals surface area (Å²) in [7, 11) is -2.95. The van der Waals surface area contributed by atoms with Gasteiger partial charge in [-0.05, 0) is 24.7 Å². The summed E-state index contributed by atoms with van der Waals surface area (Å²) >= 11 is 0. The van der Waals surface area contributed by atoms with E-state index in [-0.39, 0.29) is 57.6 Å². The molecule has 0 aromatic rings. The minimum absolute atomic E-state index is 0.00776. The minimum Gasteiger partial charge on any atom is -0.394 e. The van der Waals surface area contributed by atoms with Gasteiger partial charge in [0, 0.05) is 13.7 Å². The van der Waals surface area contributed by atoms with Crippen LogP contribution in [0.5, 0.6) is 0 Å². The fraction of sp³-hybridized carbons (Fsp3) is 0.846. The zero-order valence-corrected chi connectivity index (χ0v) is 39.0. The molecule has 0 bridgehead atoms. The van der Waals surface area contributed by atoms with Gasteiger partial charge in [0.05, 0.1) is 131 Å². The lowest BCUT2D eigenvalue weighted by Crippen LogP contribution is -2.57. The monoisotopic (exact) mass is 946 g/mol. The first kappa shape index (κ1) is 60.6. The summed E-state index contributed by atoms with van der Waals surface area (Å²) in [6.45, 7) is 11.2. The van der Waals surface area contributed by atoms with Crippen LogP contribution in [0.2, 0.25) is 0 Å².